The largest absolute Gasteiger partial charge is 0.465 e. The van der Waals surface area contributed by atoms with Crippen LogP contribution in [0.4, 0.5) is 5.13 Å². The number of carbonyl (C=O) groups is 1. The van der Waals surface area contributed by atoms with Crippen LogP contribution in [0, 0.1) is 0 Å². The highest BCUT2D eigenvalue weighted by Gasteiger charge is 2.35. The van der Waals surface area contributed by atoms with Gasteiger partial charge in [-0.05, 0) is 52.4 Å². The van der Waals surface area contributed by atoms with E-state index in [1.54, 1.807) is 11.3 Å². The van der Waals surface area contributed by atoms with Crippen molar-refractivity contribution in [1.82, 2.24) is 4.98 Å². The first-order chi connectivity index (χ1) is 9.61. The van der Waals surface area contributed by atoms with Crippen molar-refractivity contribution in [3.8, 4) is 0 Å². The number of carbonyl (C=O) groups excluding carboxylic acids is 1. The zero-order valence-corrected chi connectivity index (χ0v) is 13.0. The lowest BCUT2D eigenvalue weighted by atomic mass is 9.79. The third-order valence-corrected chi connectivity index (χ3v) is 5.44. The van der Waals surface area contributed by atoms with Crippen LogP contribution in [0.1, 0.15) is 62.4 Å². The molecule has 0 saturated heterocycles. The zero-order chi connectivity index (χ0) is 14.2. The monoisotopic (exact) mass is 294 g/mol. The van der Waals surface area contributed by atoms with Crippen molar-refractivity contribution in [1.29, 1.82) is 0 Å². The summed E-state index contributed by atoms with van der Waals surface area (Å²) < 4.78 is 5.19. The number of hydrogen-bond donors (Lipinski definition) is 1. The fraction of sp³-hybridized carbons (Fsp3) is 0.733. The molecule has 2 aliphatic carbocycles. The third kappa shape index (κ3) is 2.55. The Labute approximate surface area is 123 Å². The molecule has 5 heteroatoms. The number of esters is 1. The van der Waals surface area contributed by atoms with E-state index in [0.29, 0.717) is 6.61 Å². The molecule has 1 heterocycles. The Balaban J connectivity index is 1.79. The predicted molar refractivity (Wildman–Crippen MR) is 80.3 cm³/mol. The molecule has 0 aliphatic heterocycles. The van der Waals surface area contributed by atoms with Crippen molar-refractivity contribution in [3.63, 3.8) is 0 Å². The number of nitrogens with zero attached hydrogens (tertiary/aromatic N) is 1. The van der Waals surface area contributed by atoms with Gasteiger partial charge in [-0.1, -0.05) is 0 Å². The molecule has 20 heavy (non-hydrogen) atoms. The number of nitrogens with one attached hydrogen (secondary N) is 1. The Morgan fingerprint density at radius 3 is 2.95 bits per heavy atom. The van der Waals surface area contributed by atoms with Crippen LogP contribution in [0.2, 0.25) is 0 Å². The van der Waals surface area contributed by atoms with E-state index in [0.717, 1.165) is 30.1 Å². The fourth-order valence-corrected chi connectivity index (χ4v) is 4.25. The van der Waals surface area contributed by atoms with Crippen LogP contribution in [0.15, 0.2) is 0 Å². The molecule has 3 rings (SSSR count). The number of thiazole rings is 1. The molecule has 1 aromatic heterocycles. The van der Waals surface area contributed by atoms with Gasteiger partial charge in [-0.2, -0.15) is 0 Å². The maximum absolute atomic E-state index is 12.0. The number of hydrogen-bond acceptors (Lipinski definition) is 5. The maximum Gasteiger partial charge on any atom is 0.315 e. The minimum Gasteiger partial charge on any atom is -0.465 e. The molecule has 1 saturated carbocycles. The molecule has 1 aromatic rings. The third-order valence-electron chi connectivity index (χ3n) is 4.39. The first-order valence-electron chi connectivity index (χ1n) is 7.56. The quantitative estimate of drug-likeness (QED) is 0.864. The number of aryl methyl sites for hydroxylation is 1. The molecule has 0 radical (unpaired) electrons. The van der Waals surface area contributed by atoms with Gasteiger partial charge in [0.05, 0.1) is 12.3 Å². The van der Waals surface area contributed by atoms with Gasteiger partial charge in [-0.15, -0.1) is 11.3 Å². The lowest BCUT2D eigenvalue weighted by Crippen LogP contribution is -2.41. The van der Waals surface area contributed by atoms with Gasteiger partial charge in [0.15, 0.2) is 5.13 Å². The van der Waals surface area contributed by atoms with E-state index < -0.39 is 0 Å². The Hall–Kier alpha value is -1.10. The van der Waals surface area contributed by atoms with E-state index in [4.69, 9.17) is 9.72 Å². The van der Waals surface area contributed by atoms with Crippen molar-refractivity contribution in [3.05, 3.63) is 10.6 Å². The van der Waals surface area contributed by atoms with E-state index in [9.17, 15) is 4.79 Å². The first kappa shape index (κ1) is 13.9. The Bertz CT molecular complexity index is 508. The van der Waals surface area contributed by atoms with E-state index in [-0.39, 0.29) is 17.4 Å². The van der Waals surface area contributed by atoms with Crippen LogP contribution in [0.3, 0.4) is 0 Å². The molecular formula is C15H22N2O2S. The van der Waals surface area contributed by atoms with Gasteiger partial charge in [-0.25, -0.2) is 4.98 Å². The molecule has 1 N–H and O–H groups in total. The first-order valence-corrected chi connectivity index (χ1v) is 8.37. The average molecular weight is 294 g/mol. The molecular weight excluding hydrogens is 272 g/mol. The number of fused-ring (bicyclic) bond motifs is 1. The summed E-state index contributed by atoms with van der Waals surface area (Å²) in [6.45, 7) is 4.55. The summed E-state index contributed by atoms with van der Waals surface area (Å²) in [7, 11) is 0. The fourth-order valence-electron chi connectivity index (χ4n) is 3.03. The molecule has 4 nitrogen and oxygen atoms in total. The van der Waals surface area contributed by atoms with E-state index in [1.807, 2.05) is 6.92 Å². The molecule has 110 valence electrons. The summed E-state index contributed by atoms with van der Waals surface area (Å²) in [4.78, 5) is 18.0. The summed E-state index contributed by atoms with van der Waals surface area (Å²) in [5.41, 5.74) is 1.17. The van der Waals surface area contributed by atoms with Gasteiger partial charge in [0.2, 0.25) is 0 Å². The lowest BCUT2D eigenvalue weighted by Gasteiger charge is -2.39. The highest BCUT2D eigenvalue weighted by Crippen LogP contribution is 2.40. The van der Waals surface area contributed by atoms with Gasteiger partial charge in [0, 0.05) is 10.4 Å². The highest BCUT2D eigenvalue weighted by molar-refractivity contribution is 7.15. The van der Waals surface area contributed by atoms with Gasteiger partial charge < -0.3 is 10.1 Å². The second kappa shape index (κ2) is 5.35. The topological polar surface area (TPSA) is 51.2 Å². The molecule has 0 aromatic carbocycles. The van der Waals surface area contributed by atoms with Gasteiger partial charge in [0.1, 0.15) is 5.92 Å². The number of rotatable bonds is 4. The van der Waals surface area contributed by atoms with E-state index >= 15 is 0 Å². The minimum absolute atomic E-state index is 0.111. The van der Waals surface area contributed by atoms with E-state index in [2.05, 4.69) is 12.2 Å². The predicted octanol–water partition coefficient (Wildman–Crippen LogP) is 3.48. The summed E-state index contributed by atoms with van der Waals surface area (Å²) >= 11 is 1.72. The van der Waals surface area contributed by atoms with Crippen LogP contribution < -0.4 is 5.32 Å². The summed E-state index contributed by atoms with van der Waals surface area (Å²) in [5.74, 6) is -0.264. The van der Waals surface area contributed by atoms with Crippen LogP contribution in [0.25, 0.3) is 0 Å². The molecule has 0 bridgehead atoms. The Morgan fingerprint density at radius 1 is 1.50 bits per heavy atom. The lowest BCUT2D eigenvalue weighted by molar-refractivity contribution is -0.145. The number of aromatic nitrogens is 1. The van der Waals surface area contributed by atoms with Crippen molar-refractivity contribution in [2.24, 2.45) is 0 Å². The van der Waals surface area contributed by atoms with Crippen molar-refractivity contribution in [2.75, 3.05) is 11.9 Å². The van der Waals surface area contributed by atoms with Crippen LogP contribution in [0.5, 0.6) is 0 Å². The SMILES string of the molecule is CCOC(=O)C1CCCc2sc(NC3(C)CCC3)nc21. The number of anilines is 1. The van der Waals surface area contributed by atoms with Crippen LogP contribution in [-0.2, 0) is 16.0 Å². The van der Waals surface area contributed by atoms with Gasteiger partial charge in [-0.3, -0.25) is 4.79 Å². The highest BCUT2D eigenvalue weighted by atomic mass is 32.1. The zero-order valence-electron chi connectivity index (χ0n) is 12.2. The van der Waals surface area contributed by atoms with Gasteiger partial charge in [0.25, 0.3) is 0 Å². The molecule has 0 spiro atoms. The molecule has 0 amide bonds. The van der Waals surface area contributed by atoms with Crippen molar-refractivity contribution in [2.45, 2.75) is 63.8 Å². The molecule has 1 fully saturated rings. The Morgan fingerprint density at radius 2 is 2.30 bits per heavy atom. The van der Waals surface area contributed by atoms with Crippen molar-refractivity contribution < 1.29 is 9.53 Å². The summed E-state index contributed by atoms with van der Waals surface area (Å²) in [6.07, 6.45) is 6.67. The van der Waals surface area contributed by atoms with Crippen molar-refractivity contribution >= 4 is 22.4 Å². The number of ether oxygens (including phenoxy) is 1. The average Bonchev–Trinajstić information content (AvgIpc) is 2.78. The maximum atomic E-state index is 12.0. The van der Waals surface area contributed by atoms with Gasteiger partial charge >= 0.3 is 5.97 Å². The summed E-state index contributed by atoms with van der Waals surface area (Å²) in [5, 5.41) is 4.54. The minimum atomic E-state index is -0.153. The van der Waals surface area contributed by atoms with Crippen LogP contribution >= 0.6 is 11.3 Å². The smallest absolute Gasteiger partial charge is 0.315 e. The second-order valence-corrected chi connectivity index (χ2v) is 7.15. The normalized spacial score (nSPS) is 23.6. The molecule has 2 aliphatic rings. The molecule has 1 atom stereocenters. The standard InChI is InChI=1S/C15H22N2O2S/c1-3-19-13(18)10-6-4-7-11-12(10)16-14(20-11)17-15(2)8-5-9-15/h10H,3-9H2,1-2H3,(H,16,17). The van der Waals surface area contributed by atoms with E-state index in [1.165, 1.54) is 24.1 Å². The summed E-state index contributed by atoms with van der Waals surface area (Å²) in [6, 6.07) is 0. The second-order valence-electron chi connectivity index (χ2n) is 6.06. The molecule has 1 unspecified atom stereocenters. The van der Waals surface area contributed by atoms with Crippen LogP contribution in [-0.4, -0.2) is 23.1 Å². The Kier molecular flexibility index (Phi) is 3.71.